The van der Waals surface area contributed by atoms with Crippen molar-refractivity contribution in [3.05, 3.63) is 60.7 Å². The van der Waals surface area contributed by atoms with Crippen molar-refractivity contribution in [2.45, 2.75) is 52.6 Å². The zero-order valence-corrected chi connectivity index (χ0v) is 18.9. The number of nitrogens with zero attached hydrogens (tertiary/aromatic N) is 1. The fraction of sp³-hybridized carbons (Fsp3) is 0.429. The predicted molar refractivity (Wildman–Crippen MR) is 120 cm³/mol. The maximum atomic E-state index is 3.88. The average Bonchev–Trinajstić information content (AvgIpc) is 2.57. The summed E-state index contributed by atoms with van der Waals surface area (Å²) in [6.07, 6.45) is 0. The van der Waals surface area contributed by atoms with E-state index in [1.54, 1.807) is 0 Å². The van der Waals surface area contributed by atoms with E-state index in [9.17, 15) is 0 Å². The zero-order chi connectivity index (χ0) is 19.4. The van der Waals surface area contributed by atoms with Gasteiger partial charge in [0.15, 0.2) is 0 Å². The highest BCUT2D eigenvalue weighted by Crippen LogP contribution is 2.51. The molecule has 2 atom stereocenters. The van der Waals surface area contributed by atoms with Crippen LogP contribution in [0.25, 0.3) is 0 Å². The van der Waals surface area contributed by atoms with E-state index < -0.39 is 16.4 Å². The van der Waals surface area contributed by atoms with Gasteiger partial charge >= 0.3 is 0 Å². The standard InChI is InChI=1S/C21H33N3P2/c1-20(2,3)22-25(18-14-10-8-11-15-18)24(7)26(23-21(4,5)6)19-16-12-9-13-17-19/h8-17,22-23H,1-7H3/t25-,26+. The van der Waals surface area contributed by atoms with Crippen LogP contribution in [-0.2, 0) is 0 Å². The molecule has 2 aromatic carbocycles. The summed E-state index contributed by atoms with van der Waals surface area (Å²) >= 11 is 0. The van der Waals surface area contributed by atoms with E-state index in [1.165, 1.54) is 10.6 Å². The highest BCUT2D eigenvalue weighted by Gasteiger charge is 2.31. The summed E-state index contributed by atoms with van der Waals surface area (Å²) in [4.78, 5) is 0. The van der Waals surface area contributed by atoms with Crippen LogP contribution < -0.4 is 20.8 Å². The van der Waals surface area contributed by atoms with Gasteiger partial charge in [-0.15, -0.1) is 0 Å². The first-order valence-corrected chi connectivity index (χ1v) is 11.7. The molecule has 5 heteroatoms. The van der Waals surface area contributed by atoms with Crippen LogP contribution in [0.3, 0.4) is 0 Å². The van der Waals surface area contributed by atoms with Gasteiger partial charge in [0.25, 0.3) is 0 Å². The highest BCUT2D eigenvalue weighted by atomic mass is 31.2. The summed E-state index contributed by atoms with van der Waals surface area (Å²) in [5.74, 6) is 0. The van der Waals surface area contributed by atoms with Crippen LogP contribution in [-0.4, -0.2) is 22.6 Å². The Balaban J connectivity index is 2.42. The summed E-state index contributed by atoms with van der Waals surface area (Å²) in [5, 5.41) is 10.4. The molecule has 0 aromatic heterocycles. The highest BCUT2D eigenvalue weighted by molar-refractivity contribution is 7.75. The Labute approximate surface area is 162 Å². The van der Waals surface area contributed by atoms with Crippen molar-refractivity contribution in [1.82, 2.24) is 14.6 Å². The van der Waals surface area contributed by atoms with Crippen LogP contribution in [0, 0.1) is 0 Å². The van der Waals surface area contributed by atoms with Gasteiger partial charge in [0.1, 0.15) is 0 Å². The summed E-state index contributed by atoms with van der Waals surface area (Å²) in [6.45, 7) is 13.4. The monoisotopic (exact) mass is 389 g/mol. The van der Waals surface area contributed by atoms with Gasteiger partial charge in [0.2, 0.25) is 0 Å². The van der Waals surface area contributed by atoms with Crippen LogP contribution in [0.5, 0.6) is 0 Å². The first-order chi connectivity index (χ1) is 12.1. The van der Waals surface area contributed by atoms with E-state index >= 15 is 0 Å². The second-order valence-electron chi connectivity index (χ2n) is 8.51. The van der Waals surface area contributed by atoms with Crippen molar-refractivity contribution in [2.75, 3.05) is 7.05 Å². The van der Waals surface area contributed by atoms with Crippen LogP contribution in [0.2, 0.25) is 0 Å². The molecule has 0 bridgehead atoms. The molecule has 0 fully saturated rings. The van der Waals surface area contributed by atoms with Crippen molar-refractivity contribution < 1.29 is 0 Å². The molecule has 142 valence electrons. The molecule has 3 nitrogen and oxygen atoms in total. The largest absolute Gasteiger partial charge is 0.275 e. The van der Waals surface area contributed by atoms with Gasteiger partial charge in [-0.25, -0.2) is 4.44 Å². The lowest BCUT2D eigenvalue weighted by Crippen LogP contribution is -2.42. The van der Waals surface area contributed by atoms with Gasteiger partial charge in [-0.3, -0.25) is 10.2 Å². The molecule has 0 spiro atoms. The Morgan fingerprint density at radius 2 is 0.923 bits per heavy atom. The smallest absolute Gasteiger partial charge is 0.0748 e. The molecule has 0 aliphatic heterocycles. The number of benzene rings is 2. The lowest BCUT2D eigenvalue weighted by molar-refractivity contribution is 0.513. The lowest BCUT2D eigenvalue weighted by atomic mass is 10.1. The van der Waals surface area contributed by atoms with E-state index in [2.05, 4.69) is 124 Å². The van der Waals surface area contributed by atoms with Crippen LogP contribution in [0.15, 0.2) is 60.7 Å². The number of nitrogens with one attached hydrogen (secondary N) is 2. The second-order valence-corrected chi connectivity index (χ2v) is 12.8. The van der Waals surface area contributed by atoms with E-state index in [4.69, 9.17) is 0 Å². The lowest BCUT2D eigenvalue weighted by Gasteiger charge is -2.41. The third kappa shape index (κ3) is 6.72. The topological polar surface area (TPSA) is 27.3 Å². The summed E-state index contributed by atoms with van der Waals surface area (Å²) < 4.78 is 2.52. The Morgan fingerprint density at radius 1 is 0.615 bits per heavy atom. The van der Waals surface area contributed by atoms with Crippen molar-refractivity contribution in [3.8, 4) is 0 Å². The fourth-order valence-corrected chi connectivity index (χ4v) is 7.47. The minimum Gasteiger partial charge on any atom is -0.275 e. The summed E-state index contributed by atoms with van der Waals surface area (Å²) in [6, 6.07) is 21.6. The maximum absolute atomic E-state index is 3.88. The third-order valence-electron chi connectivity index (χ3n) is 3.46. The third-order valence-corrected chi connectivity index (χ3v) is 9.03. The predicted octanol–water partition coefficient (Wildman–Crippen LogP) is 4.97. The first kappa shape index (κ1) is 21.5. The van der Waals surface area contributed by atoms with E-state index in [0.717, 1.165) is 0 Å². The van der Waals surface area contributed by atoms with Gasteiger partial charge in [0.05, 0.1) is 16.4 Å². The molecular formula is C21H33N3P2. The summed E-state index contributed by atoms with van der Waals surface area (Å²) in [5.41, 5.74) is 0.0739. The zero-order valence-electron chi connectivity index (χ0n) is 17.1. The Kier molecular flexibility index (Phi) is 7.36. The molecule has 0 aliphatic carbocycles. The number of rotatable bonds is 6. The summed E-state index contributed by atoms with van der Waals surface area (Å²) in [7, 11) is 0.902. The second kappa shape index (κ2) is 8.91. The molecule has 0 heterocycles. The molecule has 0 unspecified atom stereocenters. The quantitative estimate of drug-likeness (QED) is 0.683. The van der Waals surface area contributed by atoms with Crippen molar-refractivity contribution in [1.29, 1.82) is 0 Å². The normalized spacial score (nSPS) is 15.1. The van der Waals surface area contributed by atoms with Crippen molar-refractivity contribution >= 4 is 27.1 Å². The molecule has 0 saturated carbocycles. The van der Waals surface area contributed by atoms with E-state index in [1.807, 2.05) is 0 Å². The fourth-order valence-electron chi connectivity index (χ4n) is 2.47. The van der Waals surface area contributed by atoms with Gasteiger partial charge in [-0.05, 0) is 48.6 Å². The minimum atomic E-state index is -0.671. The maximum Gasteiger partial charge on any atom is 0.0748 e. The van der Waals surface area contributed by atoms with E-state index in [-0.39, 0.29) is 11.1 Å². The number of hydrogen-bond acceptors (Lipinski definition) is 3. The molecule has 0 aliphatic rings. The van der Waals surface area contributed by atoms with Gasteiger partial charge in [0, 0.05) is 21.7 Å². The van der Waals surface area contributed by atoms with Crippen LogP contribution in [0.1, 0.15) is 41.5 Å². The molecule has 2 rings (SSSR count). The number of hydrogen-bond donors (Lipinski definition) is 2. The van der Waals surface area contributed by atoms with Gasteiger partial charge in [-0.2, -0.15) is 0 Å². The van der Waals surface area contributed by atoms with E-state index in [0.29, 0.717) is 0 Å². The van der Waals surface area contributed by atoms with Crippen LogP contribution in [0.4, 0.5) is 0 Å². The SMILES string of the molecule is CN([P@](NC(C)(C)C)c1ccccc1)[P@@](NC(C)(C)C)c1ccccc1. The molecule has 2 N–H and O–H groups in total. The molecule has 0 amide bonds. The molecule has 2 aromatic rings. The molecule has 0 radical (unpaired) electrons. The molecule has 26 heavy (non-hydrogen) atoms. The Hall–Kier alpha value is -0.820. The van der Waals surface area contributed by atoms with Crippen LogP contribution >= 0.6 is 16.4 Å². The first-order valence-electron chi connectivity index (χ1n) is 9.06. The van der Waals surface area contributed by atoms with Crippen molar-refractivity contribution in [2.24, 2.45) is 0 Å². The minimum absolute atomic E-state index is 0.0369. The molecule has 0 saturated heterocycles. The van der Waals surface area contributed by atoms with Gasteiger partial charge in [-0.1, -0.05) is 60.7 Å². The molecular weight excluding hydrogens is 356 g/mol. The Bertz CT molecular complexity index is 604. The average molecular weight is 389 g/mol. The van der Waals surface area contributed by atoms with Gasteiger partial charge < -0.3 is 0 Å². The van der Waals surface area contributed by atoms with Crippen molar-refractivity contribution in [3.63, 3.8) is 0 Å². The Morgan fingerprint density at radius 3 is 1.19 bits per heavy atom.